The average Bonchev–Trinajstić information content (AvgIpc) is 4.32. The Kier molecular flexibility index (Phi) is 9.40. The number of nitrogens with zero attached hydrogens (tertiary/aromatic N) is 4. The van der Waals surface area contributed by atoms with E-state index < -0.39 is 0 Å². The molecular formula is C69H40N4O2S. The van der Waals surface area contributed by atoms with Gasteiger partial charge in [0.25, 0.3) is 0 Å². The minimum Gasteiger partial charge on any atom is -0.456 e. The maximum atomic E-state index is 6.92. The molecule has 0 unspecified atom stereocenters. The second-order valence-electron chi connectivity index (χ2n) is 19.4. The molecule has 76 heavy (non-hydrogen) atoms. The summed E-state index contributed by atoms with van der Waals surface area (Å²) in [4.78, 5) is 15.9. The van der Waals surface area contributed by atoms with Crippen LogP contribution in [0.1, 0.15) is 0 Å². The van der Waals surface area contributed by atoms with Crippen LogP contribution in [-0.4, -0.2) is 19.5 Å². The number of fused-ring (bicyclic) bond motifs is 12. The first-order valence-corrected chi connectivity index (χ1v) is 26.3. The van der Waals surface area contributed by atoms with E-state index in [0.29, 0.717) is 17.5 Å². The summed E-state index contributed by atoms with van der Waals surface area (Å²) in [6.45, 7) is 0. The zero-order chi connectivity index (χ0) is 49.8. The number of aromatic nitrogens is 4. The predicted octanol–water partition coefficient (Wildman–Crippen LogP) is 19.1. The van der Waals surface area contributed by atoms with Gasteiger partial charge in [-0.2, -0.15) is 0 Å². The van der Waals surface area contributed by atoms with E-state index in [2.05, 4.69) is 217 Å². The Hall–Kier alpha value is -9.95. The molecule has 16 aromatic rings. The minimum absolute atomic E-state index is 0.565. The van der Waals surface area contributed by atoms with Gasteiger partial charge in [-0.25, -0.2) is 15.0 Å². The number of para-hydroxylation sites is 3. The topological polar surface area (TPSA) is 69.9 Å². The number of thiophene rings is 1. The van der Waals surface area contributed by atoms with E-state index in [0.717, 1.165) is 105 Å². The zero-order valence-corrected chi connectivity index (χ0v) is 41.4. The minimum atomic E-state index is 0.565. The number of rotatable bonds is 7. The number of furan rings is 2. The molecule has 0 spiro atoms. The lowest BCUT2D eigenvalue weighted by molar-refractivity contribution is 0.669. The molecule has 16 rings (SSSR count). The third-order valence-electron chi connectivity index (χ3n) is 15.1. The second kappa shape index (κ2) is 16.8. The molecule has 0 aliphatic heterocycles. The van der Waals surface area contributed by atoms with Gasteiger partial charge in [0.05, 0.1) is 11.0 Å². The molecule has 0 radical (unpaired) electrons. The molecular weight excluding hydrogens is 949 g/mol. The van der Waals surface area contributed by atoms with Gasteiger partial charge in [0.15, 0.2) is 17.5 Å². The van der Waals surface area contributed by atoms with E-state index in [1.165, 1.54) is 36.5 Å². The third-order valence-corrected chi connectivity index (χ3v) is 16.2. The molecule has 0 amide bonds. The van der Waals surface area contributed by atoms with E-state index >= 15 is 0 Å². The van der Waals surface area contributed by atoms with Gasteiger partial charge in [-0.15, -0.1) is 11.3 Å². The van der Waals surface area contributed by atoms with Gasteiger partial charge in [-0.3, -0.25) is 0 Å². The first-order chi connectivity index (χ1) is 37.7. The molecule has 5 heterocycles. The lowest BCUT2D eigenvalue weighted by Gasteiger charge is -2.13. The van der Waals surface area contributed by atoms with Crippen LogP contribution in [0.5, 0.6) is 0 Å². The predicted molar refractivity (Wildman–Crippen MR) is 314 cm³/mol. The maximum Gasteiger partial charge on any atom is 0.164 e. The summed E-state index contributed by atoms with van der Waals surface area (Å²) in [5.41, 5.74) is 15.9. The Bertz CT molecular complexity index is 5010. The van der Waals surface area contributed by atoms with E-state index in [4.69, 9.17) is 23.8 Å². The Morgan fingerprint density at radius 2 is 0.868 bits per heavy atom. The van der Waals surface area contributed by atoms with E-state index in [1.54, 1.807) is 0 Å². The van der Waals surface area contributed by atoms with Crippen LogP contribution < -0.4 is 0 Å². The van der Waals surface area contributed by atoms with E-state index in [1.807, 2.05) is 41.7 Å². The van der Waals surface area contributed by atoms with Crippen molar-refractivity contribution in [2.24, 2.45) is 0 Å². The monoisotopic (exact) mass is 988 g/mol. The first-order valence-electron chi connectivity index (χ1n) is 25.5. The molecule has 0 atom stereocenters. The highest BCUT2D eigenvalue weighted by Crippen LogP contribution is 2.46. The summed E-state index contributed by atoms with van der Waals surface area (Å²) in [5.74, 6) is 1.75. The molecule has 7 heteroatoms. The fourth-order valence-corrected chi connectivity index (χ4v) is 12.9. The van der Waals surface area contributed by atoms with Gasteiger partial charge in [-0.05, 0) is 94.5 Å². The quantitative estimate of drug-likeness (QED) is 0.159. The molecule has 0 saturated carbocycles. The smallest absolute Gasteiger partial charge is 0.164 e. The summed E-state index contributed by atoms with van der Waals surface area (Å²) < 4.78 is 18.5. The summed E-state index contributed by atoms with van der Waals surface area (Å²) in [6.07, 6.45) is 0. The highest BCUT2D eigenvalue weighted by atomic mass is 32.1. The standard InChI is InChI=1S/C69H40N4O2S/c1-3-17-41(18-4-1)67-70-68(50-23-8-7-21-47(50)49-27-16-34-62-65(49)51-24-10-12-33-61(51)76-62)72-69(71-67)53-29-15-31-59-64(53)55-40-42(36-38-58(55)74-59)45-25-14-32-60-63(45)52-28-13-26-46(66(52)75-60)43-35-37-57-54(39-43)48-22-9-11-30-56(48)73(57)44-19-5-2-6-20-44/h1-40H. The van der Waals surface area contributed by atoms with Crippen molar-refractivity contribution < 1.29 is 8.83 Å². The molecule has 0 aliphatic carbocycles. The summed E-state index contributed by atoms with van der Waals surface area (Å²) in [5, 5.41) is 8.91. The van der Waals surface area contributed by atoms with Crippen molar-refractivity contribution in [1.82, 2.24) is 19.5 Å². The molecule has 6 nitrogen and oxygen atoms in total. The summed E-state index contributed by atoms with van der Waals surface area (Å²) >= 11 is 1.82. The zero-order valence-electron chi connectivity index (χ0n) is 40.6. The molecule has 0 bridgehead atoms. The van der Waals surface area contributed by atoms with Gasteiger partial charge >= 0.3 is 0 Å². The first kappa shape index (κ1) is 42.5. The molecule has 0 fully saturated rings. The lowest BCUT2D eigenvalue weighted by Crippen LogP contribution is -2.01. The number of benzene rings is 11. The van der Waals surface area contributed by atoms with Crippen molar-refractivity contribution in [2.75, 3.05) is 0 Å². The average molecular weight is 989 g/mol. The van der Waals surface area contributed by atoms with Gasteiger partial charge in [0.2, 0.25) is 0 Å². The highest BCUT2D eigenvalue weighted by Gasteiger charge is 2.23. The highest BCUT2D eigenvalue weighted by molar-refractivity contribution is 7.26. The van der Waals surface area contributed by atoms with Gasteiger partial charge < -0.3 is 13.4 Å². The van der Waals surface area contributed by atoms with Crippen LogP contribution in [0.2, 0.25) is 0 Å². The second-order valence-corrected chi connectivity index (χ2v) is 20.5. The van der Waals surface area contributed by atoms with Crippen molar-refractivity contribution in [3.8, 4) is 73.2 Å². The summed E-state index contributed by atoms with van der Waals surface area (Å²) in [7, 11) is 0. The largest absolute Gasteiger partial charge is 0.456 e. The Labute approximate surface area is 439 Å². The molecule has 0 N–H and O–H groups in total. The van der Waals surface area contributed by atoms with Gasteiger partial charge in [-0.1, -0.05) is 176 Å². The van der Waals surface area contributed by atoms with Gasteiger partial charge in [0, 0.05) is 80.4 Å². The van der Waals surface area contributed by atoms with Gasteiger partial charge in [0.1, 0.15) is 22.3 Å². The molecule has 0 saturated heterocycles. The van der Waals surface area contributed by atoms with Crippen LogP contribution in [0, 0.1) is 0 Å². The molecule has 11 aromatic carbocycles. The SMILES string of the molecule is c1ccc(-c2nc(-c3ccccc3-c3cccc4sc5ccccc5c34)nc(-c3cccc4oc5ccc(-c6cccc7oc8c(-c9ccc%10c(c9)c9ccccc9n%10-c9ccccc9)cccc8c67)cc5c34)n2)cc1. The van der Waals surface area contributed by atoms with Crippen molar-refractivity contribution in [1.29, 1.82) is 0 Å². The Morgan fingerprint density at radius 1 is 0.303 bits per heavy atom. The van der Waals surface area contributed by atoms with Crippen molar-refractivity contribution in [3.05, 3.63) is 243 Å². The fraction of sp³-hybridized carbons (Fsp3) is 0. The Balaban J connectivity index is 0.851. The number of hydrogen-bond donors (Lipinski definition) is 0. The van der Waals surface area contributed by atoms with E-state index in [-0.39, 0.29) is 0 Å². The van der Waals surface area contributed by atoms with Crippen LogP contribution in [0.3, 0.4) is 0 Å². The summed E-state index contributed by atoms with van der Waals surface area (Å²) in [6, 6.07) is 85.4. The van der Waals surface area contributed by atoms with Crippen LogP contribution in [0.4, 0.5) is 0 Å². The van der Waals surface area contributed by atoms with Crippen molar-refractivity contribution >= 4 is 97.2 Å². The third kappa shape index (κ3) is 6.56. The lowest BCUT2D eigenvalue weighted by atomic mass is 9.95. The normalized spacial score (nSPS) is 11.9. The maximum absolute atomic E-state index is 6.92. The van der Waals surface area contributed by atoms with Crippen molar-refractivity contribution in [3.63, 3.8) is 0 Å². The van der Waals surface area contributed by atoms with Crippen LogP contribution in [-0.2, 0) is 0 Å². The number of hydrogen-bond acceptors (Lipinski definition) is 6. The van der Waals surface area contributed by atoms with E-state index in [9.17, 15) is 0 Å². The van der Waals surface area contributed by atoms with Crippen LogP contribution in [0.15, 0.2) is 251 Å². The molecule has 0 aliphatic rings. The van der Waals surface area contributed by atoms with Crippen LogP contribution in [0.25, 0.3) is 159 Å². The Morgan fingerprint density at radius 3 is 1.74 bits per heavy atom. The molecule has 5 aromatic heterocycles. The molecule has 354 valence electrons. The fourth-order valence-electron chi connectivity index (χ4n) is 11.7. The van der Waals surface area contributed by atoms with Crippen LogP contribution >= 0.6 is 11.3 Å². The van der Waals surface area contributed by atoms with Crippen molar-refractivity contribution in [2.45, 2.75) is 0 Å².